The smallest absolute Gasteiger partial charge is 0.232 e. The van der Waals surface area contributed by atoms with Gasteiger partial charge in [-0.05, 0) is 37.8 Å². The lowest BCUT2D eigenvalue weighted by Gasteiger charge is -2.43. The summed E-state index contributed by atoms with van der Waals surface area (Å²) in [7, 11) is 0. The van der Waals surface area contributed by atoms with Crippen molar-refractivity contribution >= 4 is 40.5 Å². The summed E-state index contributed by atoms with van der Waals surface area (Å²) >= 11 is 6.91. The Balaban J connectivity index is 1.35. The number of aliphatic hydroxyl groups excluding tert-OH is 1. The summed E-state index contributed by atoms with van der Waals surface area (Å²) < 4.78 is 1.53. The first-order chi connectivity index (χ1) is 17.5. The van der Waals surface area contributed by atoms with Gasteiger partial charge in [0.25, 0.3) is 0 Å². The Kier molecular flexibility index (Phi) is 5.56. The fraction of sp³-hybridized carbons (Fsp3) is 0.458. The molecule has 36 heavy (non-hydrogen) atoms. The van der Waals surface area contributed by atoms with Crippen LogP contribution in [-0.4, -0.2) is 74.0 Å². The van der Waals surface area contributed by atoms with Crippen LogP contribution in [0.5, 0.6) is 0 Å². The Morgan fingerprint density at radius 2 is 2.00 bits per heavy atom. The first-order valence-corrected chi connectivity index (χ1v) is 12.5. The first-order valence-electron chi connectivity index (χ1n) is 12.1. The molecule has 11 nitrogen and oxygen atoms in total. The average Bonchev–Trinajstić information content (AvgIpc) is 3.81. The van der Waals surface area contributed by atoms with E-state index in [0.717, 1.165) is 51.0 Å². The Bertz CT molecular complexity index is 1410. The van der Waals surface area contributed by atoms with Gasteiger partial charge in [0.2, 0.25) is 11.9 Å². The van der Waals surface area contributed by atoms with Crippen molar-refractivity contribution in [3.05, 3.63) is 34.5 Å². The number of hydrogen-bond acceptors (Lipinski definition) is 10. The zero-order valence-corrected chi connectivity index (χ0v) is 20.3. The summed E-state index contributed by atoms with van der Waals surface area (Å²) in [4.78, 5) is 13.7. The van der Waals surface area contributed by atoms with Crippen LogP contribution in [0, 0.1) is 22.7 Å². The molecule has 3 N–H and O–H groups in total. The third kappa shape index (κ3) is 4.05. The zero-order chi connectivity index (χ0) is 24.9. The van der Waals surface area contributed by atoms with Gasteiger partial charge in [-0.3, -0.25) is 4.90 Å². The minimum absolute atomic E-state index is 0.0633. The topological polar surface area (TPSA) is 141 Å². The summed E-state index contributed by atoms with van der Waals surface area (Å²) in [6.07, 6.45) is 5.74. The van der Waals surface area contributed by atoms with Crippen LogP contribution in [0.15, 0.2) is 18.3 Å². The van der Waals surface area contributed by atoms with Crippen molar-refractivity contribution in [2.24, 2.45) is 0 Å². The molecule has 0 atom stereocenters. The molecule has 1 saturated heterocycles. The number of fused-ring (bicyclic) bond motifs is 1. The number of aromatic nitrogens is 4. The standard InChI is InChI=1S/C24H25ClN10O/c25-20-18(30-22-31-21-16(12-27)13-28-35(21)23(32-22)29-17-1-2-17)9-15(11-26)10-19(20)33-5-6-34(7-8-36)24(14-33)3-4-24/h9-10,13,17,36H,1-8,14H2,(H2,29,30,31,32). The highest BCUT2D eigenvalue weighted by atomic mass is 35.5. The van der Waals surface area contributed by atoms with E-state index in [1.54, 1.807) is 6.07 Å². The van der Waals surface area contributed by atoms with E-state index in [0.29, 0.717) is 46.0 Å². The number of nitrogens with zero attached hydrogens (tertiary/aromatic N) is 8. The third-order valence-electron chi connectivity index (χ3n) is 7.16. The molecule has 184 valence electrons. The van der Waals surface area contributed by atoms with Crippen LogP contribution in [0.1, 0.15) is 36.8 Å². The molecule has 0 amide bonds. The van der Waals surface area contributed by atoms with E-state index in [1.165, 1.54) is 10.7 Å². The molecule has 3 fully saturated rings. The quantitative estimate of drug-likeness (QED) is 0.439. The lowest BCUT2D eigenvalue weighted by Crippen LogP contribution is -2.55. The van der Waals surface area contributed by atoms with Crippen molar-refractivity contribution in [3.63, 3.8) is 0 Å². The predicted molar refractivity (Wildman–Crippen MR) is 134 cm³/mol. The molecule has 0 unspecified atom stereocenters. The van der Waals surface area contributed by atoms with Crippen LogP contribution >= 0.6 is 11.6 Å². The second-order valence-corrected chi connectivity index (χ2v) is 10.0. The van der Waals surface area contributed by atoms with E-state index in [2.05, 4.69) is 47.6 Å². The monoisotopic (exact) mass is 504 g/mol. The molecular weight excluding hydrogens is 480 g/mol. The number of rotatable bonds is 7. The van der Waals surface area contributed by atoms with Crippen molar-refractivity contribution in [1.82, 2.24) is 24.5 Å². The summed E-state index contributed by atoms with van der Waals surface area (Å²) in [5, 5.41) is 40.0. The van der Waals surface area contributed by atoms with Gasteiger partial charge < -0.3 is 20.6 Å². The summed E-state index contributed by atoms with van der Waals surface area (Å²) in [6, 6.07) is 8.18. The van der Waals surface area contributed by atoms with Crippen molar-refractivity contribution < 1.29 is 5.11 Å². The van der Waals surface area contributed by atoms with Gasteiger partial charge in [-0.1, -0.05) is 11.6 Å². The van der Waals surface area contributed by atoms with Crippen LogP contribution in [0.2, 0.25) is 5.02 Å². The summed E-state index contributed by atoms with van der Waals surface area (Å²) in [6.45, 7) is 3.18. The molecule has 1 spiro atoms. The van der Waals surface area contributed by atoms with Crippen molar-refractivity contribution in [2.75, 3.05) is 48.3 Å². The first kappa shape index (κ1) is 22.8. The molecule has 2 aliphatic carbocycles. The Morgan fingerprint density at radius 1 is 1.17 bits per heavy atom. The minimum Gasteiger partial charge on any atom is -0.395 e. The maximum Gasteiger partial charge on any atom is 0.232 e. The highest BCUT2D eigenvalue weighted by Gasteiger charge is 2.51. The third-order valence-corrected chi connectivity index (χ3v) is 7.56. The minimum atomic E-state index is 0.0633. The van der Waals surface area contributed by atoms with Gasteiger partial charge in [0.05, 0.1) is 40.8 Å². The van der Waals surface area contributed by atoms with Crippen molar-refractivity contribution in [3.8, 4) is 12.1 Å². The van der Waals surface area contributed by atoms with E-state index in [4.69, 9.17) is 11.6 Å². The number of anilines is 4. The van der Waals surface area contributed by atoms with E-state index < -0.39 is 0 Å². The maximum absolute atomic E-state index is 9.74. The molecule has 12 heteroatoms. The highest BCUT2D eigenvalue weighted by Crippen LogP contribution is 2.46. The van der Waals surface area contributed by atoms with Gasteiger partial charge in [0, 0.05) is 37.8 Å². The SMILES string of the molecule is N#Cc1cc(Nc2nc(NC3CC3)n3ncc(C#N)c3n2)c(Cl)c(N2CCN(CCO)C3(CC3)C2)c1. The van der Waals surface area contributed by atoms with Crippen molar-refractivity contribution in [2.45, 2.75) is 37.3 Å². The molecule has 3 aromatic rings. The fourth-order valence-electron chi connectivity index (χ4n) is 4.94. The normalized spacial score (nSPS) is 18.7. The number of aliphatic hydroxyl groups is 1. The van der Waals surface area contributed by atoms with Crippen LogP contribution in [-0.2, 0) is 0 Å². The van der Waals surface area contributed by atoms with Crippen LogP contribution in [0.25, 0.3) is 5.65 Å². The fourth-order valence-corrected chi connectivity index (χ4v) is 5.21. The van der Waals surface area contributed by atoms with Gasteiger partial charge >= 0.3 is 0 Å². The molecule has 3 heterocycles. The van der Waals surface area contributed by atoms with E-state index in [9.17, 15) is 15.6 Å². The molecule has 6 rings (SSSR count). The lowest BCUT2D eigenvalue weighted by molar-refractivity contribution is 0.123. The number of hydrogen-bond donors (Lipinski definition) is 3. The number of nitrogens with one attached hydrogen (secondary N) is 2. The molecule has 2 saturated carbocycles. The van der Waals surface area contributed by atoms with Gasteiger partial charge in [0.1, 0.15) is 11.6 Å². The maximum atomic E-state index is 9.74. The van der Waals surface area contributed by atoms with Crippen LogP contribution in [0.3, 0.4) is 0 Å². The van der Waals surface area contributed by atoms with Crippen LogP contribution in [0.4, 0.5) is 23.3 Å². The van der Waals surface area contributed by atoms with E-state index >= 15 is 0 Å². The molecule has 1 aromatic carbocycles. The molecule has 0 bridgehead atoms. The number of β-amino-alcohol motifs (C(OH)–C–C–N with tert-alkyl or cyclic N) is 1. The Labute approximate surface area is 212 Å². The zero-order valence-electron chi connectivity index (χ0n) is 19.6. The van der Waals surface area contributed by atoms with E-state index in [1.807, 2.05) is 6.07 Å². The van der Waals surface area contributed by atoms with E-state index in [-0.39, 0.29) is 18.1 Å². The second-order valence-electron chi connectivity index (χ2n) is 9.65. The van der Waals surface area contributed by atoms with Crippen molar-refractivity contribution in [1.29, 1.82) is 10.5 Å². The molecule has 3 aliphatic rings. The average molecular weight is 505 g/mol. The largest absolute Gasteiger partial charge is 0.395 e. The summed E-state index contributed by atoms with van der Waals surface area (Å²) in [5.74, 6) is 0.756. The highest BCUT2D eigenvalue weighted by molar-refractivity contribution is 6.36. The van der Waals surface area contributed by atoms with Gasteiger partial charge in [-0.2, -0.15) is 30.1 Å². The number of benzene rings is 1. The predicted octanol–water partition coefficient (Wildman–Crippen LogP) is 2.49. The number of piperazine rings is 1. The van der Waals surface area contributed by atoms with Gasteiger partial charge in [-0.25, -0.2) is 0 Å². The molecule has 0 radical (unpaired) electrons. The van der Waals surface area contributed by atoms with Crippen LogP contribution < -0.4 is 15.5 Å². The van der Waals surface area contributed by atoms with Gasteiger partial charge in [0.15, 0.2) is 5.65 Å². The number of halogens is 1. The molecule has 2 aromatic heterocycles. The summed E-state index contributed by atoms with van der Waals surface area (Å²) in [5.41, 5.74) is 2.57. The van der Waals surface area contributed by atoms with Gasteiger partial charge in [-0.15, -0.1) is 0 Å². The molecule has 1 aliphatic heterocycles. The Morgan fingerprint density at radius 3 is 2.69 bits per heavy atom. The second kappa shape index (κ2) is 8.79. The lowest BCUT2D eigenvalue weighted by atomic mass is 10.1. The number of nitriles is 2. The molecular formula is C24H25ClN10O. The Hall–Kier alpha value is -3.64.